The van der Waals surface area contributed by atoms with E-state index in [0.717, 1.165) is 0 Å². The van der Waals surface area contributed by atoms with Crippen molar-refractivity contribution in [1.29, 1.82) is 0 Å². The Morgan fingerprint density at radius 1 is 1.50 bits per heavy atom. The summed E-state index contributed by atoms with van der Waals surface area (Å²) in [6.07, 6.45) is -1.57. The molecule has 8 heteroatoms. The highest BCUT2D eigenvalue weighted by molar-refractivity contribution is 5.86. The van der Waals surface area contributed by atoms with Crippen LogP contribution < -0.4 is 16.0 Å². The molecule has 1 unspecified atom stereocenters. The largest absolute Gasteiger partial charge is 0.450 e. The summed E-state index contributed by atoms with van der Waals surface area (Å²) in [5.41, 5.74) is 6.35. The van der Waals surface area contributed by atoms with E-state index in [0.29, 0.717) is 32.0 Å². The van der Waals surface area contributed by atoms with Crippen LogP contribution in [0.15, 0.2) is 12.1 Å². The number of carbonyl (C=O) groups excluding carboxylic acids is 1. The minimum absolute atomic E-state index is 0.0000678. The van der Waals surface area contributed by atoms with E-state index >= 15 is 4.39 Å². The van der Waals surface area contributed by atoms with E-state index < -0.39 is 18.0 Å². The van der Waals surface area contributed by atoms with Crippen molar-refractivity contribution in [2.24, 2.45) is 5.73 Å². The van der Waals surface area contributed by atoms with Crippen molar-refractivity contribution in [2.45, 2.75) is 19.4 Å². The molecule has 1 aromatic rings. The lowest BCUT2D eigenvalue weighted by Crippen LogP contribution is -2.37. The number of morpholine rings is 1. The number of aliphatic hydroxyl groups is 1. The lowest BCUT2D eigenvalue weighted by Gasteiger charge is -2.30. The summed E-state index contributed by atoms with van der Waals surface area (Å²) in [5, 5.41) is 12.3. The number of hydrogen-bond donors (Lipinski definition) is 3. The highest BCUT2D eigenvalue weighted by Gasteiger charge is 2.22. The van der Waals surface area contributed by atoms with Crippen LogP contribution >= 0.6 is 0 Å². The van der Waals surface area contributed by atoms with Crippen LogP contribution in [0.4, 0.5) is 20.6 Å². The Morgan fingerprint density at radius 3 is 2.83 bits per heavy atom. The lowest BCUT2D eigenvalue weighted by atomic mass is 10.0. The highest BCUT2D eigenvalue weighted by atomic mass is 19.1. The Bertz CT molecular complexity index is 564. The number of anilines is 2. The molecular formula is C16H24FN3O4. The van der Waals surface area contributed by atoms with Gasteiger partial charge in [-0.15, -0.1) is 0 Å². The van der Waals surface area contributed by atoms with Crippen molar-refractivity contribution < 1.29 is 23.8 Å². The van der Waals surface area contributed by atoms with Crippen molar-refractivity contribution in [2.75, 3.05) is 49.7 Å². The first-order valence-corrected chi connectivity index (χ1v) is 8.02. The molecule has 1 amide bonds. The average Bonchev–Trinajstić information content (AvgIpc) is 2.59. The molecule has 0 aromatic heterocycles. The lowest BCUT2D eigenvalue weighted by molar-refractivity contribution is 0.122. The molecular weight excluding hydrogens is 317 g/mol. The van der Waals surface area contributed by atoms with Crippen LogP contribution in [0.5, 0.6) is 0 Å². The van der Waals surface area contributed by atoms with Gasteiger partial charge in [-0.2, -0.15) is 0 Å². The van der Waals surface area contributed by atoms with Gasteiger partial charge in [-0.1, -0.05) is 0 Å². The first-order chi connectivity index (χ1) is 11.6. The zero-order valence-electron chi connectivity index (χ0n) is 13.8. The zero-order chi connectivity index (χ0) is 17.5. The molecule has 2 rings (SSSR count). The van der Waals surface area contributed by atoms with Crippen LogP contribution in [0.25, 0.3) is 0 Å². The summed E-state index contributed by atoms with van der Waals surface area (Å²) >= 11 is 0. The van der Waals surface area contributed by atoms with Crippen LogP contribution in [0.3, 0.4) is 0 Å². The van der Waals surface area contributed by atoms with Crippen molar-refractivity contribution >= 4 is 17.5 Å². The number of hydrogen-bond acceptors (Lipinski definition) is 6. The molecule has 24 heavy (non-hydrogen) atoms. The number of nitrogens with two attached hydrogens (primary N) is 1. The molecule has 1 fully saturated rings. The molecule has 1 aliphatic heterocycles. The number of carbonyl (C=O) groups is 1. The fourth-order valence-corrected chi connectivity index (χ4v) is 2.57. The van der Waals surface area contributed by atoms with Gasteiger partial charge in [0.25, 0.3) is 0 Å². The molecule has 4 N–H and O–H groups in total. The zero-order valence-corrected chi connectivity index (χ0v) is 13.8. The van der Waals surface area contributed by atoms with Crippen molar-refractivity contribution in [1.82, 2.24) is 0 Å². The van der Waals surface area contributed by atoms with Gasteiger partial charge in [0.15, 0.2) is 5.82 Å². The maximum atomic E-state index is 15.0. The Kier molecular flexibility index (Phi) is 6.77. The molecule has 0 bridgehead atoms. The Labute approximate surface area is 140 Å². The van der Waals surface area contributed by atoms with Gasteiger partial charge in [-0.3, -0.25) is 5.32 Å². The quantitative estimate of drug-likeness (QED) is 0.717. The van der Waals surface area contributed by atoms with Gasteiger partial charge < -0.3 is 25.2 Å². The maximum Gasteiger partial charge on any atom is 0.411 e. The molecule has 7 nitrogen and oxygen atoms in total. The summed E-state index contributed by atoms with van der Waals surface area (Å²) in [4.78, 5) is 13.5. The Balaban J connectivity index is 2.32. The third-order valence-corrected chi connectivity index (χ3v) is 3.80. The van der Waals surface area contributed by atoms with Gasteiger partial charge in [-0.05, 0) is 19.1 Å². The molecule has 1 saturated heterocycles. The summed E-state index contributed by atoms with van der Waals surface area (Å²) in [6, 6.07) is 3.23. The van der Waals surface area contributed by atoms with Gasteiger partial charge >= 0.3 is 6.09 Å². The van der Waals surface area contributed by atoms with Crippen LogP contribution in [-0.4, -0.2) is 56.8 Å². The third-order valence-electron chi connectivity index (χ3n) is 3.80. The second-order valence-electron chi connectivity index (χ2n) is 5.46. The number of ether oxygens (including phenoxy) is 2. The van der Waals surface area contributed by atoms with Gasteiger partial charge in [0, 0.05) is 31.6 Å². The third kappa shape index (κ3) is 4.56. The summed E-state index contributed by atoms with van der Waals surface area (Å²) < 4.78 is 25.1. The van der Waals surface area contributed by atoms with Crippen LogP contribution in [0, 0.1) is 5.82 Å². The van der Waals surface area contributed by atoms with E-state index in [1.807, 2.05) is 4.90 Å². The number of amides is 1. The van der Waals surface area contributed by atoms with Crippen LogP contribution in [0.2, 0.25) is 0 Å². The van der Waals surface area contributed by atoms with Gasteiger partial charge in [0.1, 0.15) is 0 Å². The normalized spacial score (nSPS) is 15.9. The number of aliphatic hydroxyl groups excluding tert-OH is 1. The second-order valence-corrected chi connectivity index (χ2v) is 5.46. The van der Waals surface area contributed by atoms with Crippen molar-refractivity contribution in [3.8, 4) is 0 Å². The summed E-state index contributed by atoms with van der Waals surface area (Å²) in [5.74, 6) is -0.473. The average molecular weight is 341 g/mol. The maximum absolute atomic E-state index is 15.0. The van der Waals surface area contributed by atoms with Gasteiger partial charge in [0.2, 0.25) is 0 Å². The predicted octanol–water partition coefficient (Wildman–Crippen LogP) is 1.09. The topological polar surface area (TPSA) is 97.0 Å². The first-order valence-electron chi connectivity index (χ1n) is 8.02. The van der Waals surface area contributed by atoms with Gasteiger partial charge in [0.05, 0.1) is 37.3 Å². The summed E-state index contributed by atoms with van der Waals surface area (Å²) in [7, 11) is 0. The first kappa shape index (κ1) is 18.4. The molecule has 1 atom stereocenters. The molecule has 1 aliphatic rings. The van der Waals surface area contributed by atoms with Crippen molar-refractivity contribution in [3.05, 3.63) is 23.5 Å². The fraction of sp³-hybridized carbons (Fsp3) is 0.562. The SMILES string of the molecule is CCOC(=O)Nc1ccc(N2CCOCC2)c(F)c1CC(O)CN. The fourth-order valence-electron chi connectivity index (χ4n) is 2.57. The van der Waals surface area contributed by atoms with E-state index in [9.17, 15) is 9.90 Å². The van der Waals surface area contributed by atoms with E-state index in [1.165, 1.54) is 0 Å². The minimum atomic E-state index is -0.901. The smallest absolute Gasteiger partial charge is 0.411 e. The monoisotopic (exact) mass is 341 g/mol. The molecule has 0 spiro atoms. The Hall–Kier alpha value is -1.90. The highest BCUT2D eigenvalue weighted by Crippen LogP contribution is 2.30. The van der Waals surface area contributed by atoms with Crippen LogP contribution in [-0.2, 0) is 15.9 Å². The summed E-state index contributed by atoms with van der Waals surface area (Å²) in [6.45, 7) is 4.12. The molecule has 0 saturated carbocycles. The van der Waals surface area contributed by atoms with Crippen molar-refractivity contribution in [3.63, 3.8) is 0 Å². The van der Waals surface area contributed by atoms with Gasteiger partial charge in [-0.25, -0.2) is 9.18 Å². The van der Waals surface area contributed by atoms with E-state index in [4.69, 9.17) is 15.2 Å². The number of nitrogens with zero attached hydrogens (tertiary/aromatic N) is 1. The number of benzene rings is 1. The van der Waals surface area contributed by atoms with E-state index in [2.05, 4.69) is 5.32 Å². The number of nitrogens with one attached hydrogen (secondary N) is 1. The molecule has 0 radical (unpaired) electrons. The molecule has 134 valence electrons. The molecule has 0 aliphatic carbocycles. The second kappa shape index (κ2) is 8.81. The van der Waals surface area contributed by atoms with E-state index in [1.54, 1.807) is 19.1 Å². The minimum Gasteiger partial charge on any atom is -0.450 e. The molecule has 1 aromatic carbocycles. The number of halogens is 1. The number of rotatable bonds is 6. The predicted molar refractivity (Wildman–Crippen MR) is 88.8 cm³/mol. The van der Waals surface area contributed by atoms with E-state index in [-0.39, 0.29) is 30.8 Å². The molecule has 1 heterocycles. The Morgan fingerprint density at radius 2 is 2.21 bits per heavy atom. The standard InChI is InChI=1S/C16H24FN3O4/c1-2-24-16(22)19-13-3-4-14(20-5-7-23-8-6-20)15(17)12(13)9-11(21)10-18/h3-4,11,21H,2,5-10,18H2,1H3,(H,19,22). The van der Waals surface area contributed by atoms with Crippen LogP contribution in [0.1, 0.15) is 12.5 Å².